The van der Waals surface area contributed by atoms with Crippen molar-refractivity contribution < 1.29 is 13.2 Å². The lowest BCUT2D eigenvalue weighted by molar-refractivity contribution is -0.139. The number of hydrogen-bond donors (Lipinski definition) is 0. The Morgan fingerprint density at radius 2 is 1.81 bits per heavy atom. The van der Waals surface area contributed by atoms with Crippen LogP contribution in [0.5, 0.6) is 0 Å². The van der Waals surface area contributed by atoms with E-state index in [4.69, 9.17) is 5.26 Å². The molecule has 1 aromatic carbocycles. The first-order valence-corrected chi connectivity index (χ1v) is 12.1. The van der Waals surface area contributed by atoms with Crippen molar-refractivity contribution in [2.45, 2.75) is 49.6 Å². The number of aromatic nitrogens is 1. The van der Waals surface area contributed by atoms with Crippen molar-refractivity contribution in [1.82, 2.24) is 14.2 Å². The van der Waals surface area contributed by atoms with Gasteiger partial charge in [-0.15, -0.1) is 0 Å². The molecular weight excluding hydrogens is 412 g/mol. The molecule has 1 atom stereocenters. The Morgan fingerprint density at radius 3 is 2.35 bits per heavy atom. The third-order valence-electron chi connectivity index (χ3n) is 6.15. The first-order valence-electron chi connectivity index (χ1n) is 10.6. The van der Waals surface area contributed by atoms with Crippen molar-refractivity contribution in [1.29, 1.82) is 5.26 Å². The summed E-state index contributed by atoms with van der Waals surface area (Å²) in [7, 11) is -3.63. The molecular formula is C23H26N4O3S. The summed E-state index contributed by atoms with van der Waals surface area (Å²) in [4.78, 5) is 20.0. The second kappa shape index (κ2) is 8.77. The average Bonchev–Trinajstić information content (AvgIpc) is 3.65. The van der Waals surface area contributed by atoms with Gasteiger partial charge in [0.15, 0.2) is 0 Å². The average molecular weight is 439 g/mol. The van der Waals surface area contributed by atoms with Crippen molar-refractivity contribution in [3.8, 4) is 6.07 Å². The minimum absolute atomic E-state index is 0.0957. The molecule has 0 spiro atoms. The van der Waals surface area contributed by atoms with Gasteiger partial charge in [-0.3, -0.25) is 9.78 Å². The quantitative estimate of drug-likeness (QED) is 0.691. The second-order valence-corrected chi connectivity index (χ2v) is 10.2. The Morgan fingerprint density at radius 1 is 1.13 bits per heavy atom. The zero-order chi connectivity index (χ0) is 22.0. The van der Waals surface area contributed by atoms with E-state index in [1.165, 1.54) is 28.6 Å². The van der Waals surface area contributed by atoms with Gasteiger partial charge in [-0.25, -0.2) is 8.42 Å². The molecule has 2 fully saturated rings. The van der Waals surface area contributed by atoms with Gasteiger partial charge in [-0.2, -0.15) is 9.57 Å². The van der Waals surface area contributed by atoms with E-state index in [0.29, 0.717) is 31.5 Å². The van der Waals surface area contributed by atoms with Gasteiger partial charge in [-0.1, -0.05) is 6.07 Å². The third kappa shape index (κ3) is 4.48. The number of benzene rings is 1. The molecule has 2 aromatic rings. The number of sulfonamides is 1. The lowest BCUT2D eigenvalue weighted by Gasteiger charge is -2.36. The maximum Gasteiger partial charge on any atom is 0.243 e. The highest BCUT2D eigenvalue weighted by Crippen LogP contribution is 2.37. The van der Waals surface area contributed by atoms with Crippen LogP contribution in [-0.4, -0.2) is 47.6 Å². The Balaban J connectivity index is 1.43. The molecule has 0 N–H and O–H groups in total. The molecule has 1 aliphatic heterocycles. The number of pyridine rings is 1. The Kier molecular flexibility index (Phi) is 6.08. The van der Waals surface area contributed by atoms with Crippen LogP contribution in [0.1, 0.15) is 49.9 Å². The van der Waals surface area contributed by atoms with Crippen LogP contribution in [0.2, 0.25) is 0 Å². The van der Waals surface area contributed by atoms with Crippen molar-refractivity contribution in [2.24, 2.45) is 5.92 Å². The summed E-state index contributed by atoms with van der Waals surface area (Å²) in [5.74, 6) is -0.0738. The molecule has 1 aromatic heterocycles. The van der Waals surface area contributed by atoms with Crippen LogP contribution >= 0.6 is 0 Å². The first kappa shape index (κ1) is 21.5. The molecule has 2 heterocycles. The number of carbonyl (C=O) groups is 1. The highest BCUT2D eigenvalue weighted by Gasteiger charge is 2.41. The number of carbonyl (C=O) groups excluding carboxylic acids is 1. The van der Waals surface area contributed by atoms with Crippen LogP contribution in [0.4, 0.5) is 0 Å². The summed E-state index contributed by atoms with van der Waals surface area (Å²) >= 11 is 0. The molecule has 2 aliphatic rings. The van der Waals surface area contributed by atoms with Gasteiger partial charge < -0.3 is 4.90 Å². The Bertz CT molecular complexity index is 1070. The summed E-state index contributed by atoms with van der Waals surface area (Å²) < 4.78 is 27.3. The minimum atomic E-state index is -3.63. The predicted molar refractivity (Wildman–Crippen MR) is 115 cm³/mol. The molecule has 1 saturated heterocycles. The van der Waals surface area contributed by atoms with Crippen LogP contribution in [0, 0.1) is 17.2 Å². The van der Waals surface area contributed by atoms with Crippen molar-refractivity contribution in [3.05, 3.63) is 59.9 Å². The number of amides is 1. The van der Waals surface area contributed by atoms with E-state index in [0.717, 1.165) is 18.5 Å². The zero-order valence-corrected chi connectivity index (χ0v) is 18.3. The molecule has 1 aliphatic carbocycles. The molecule has 7 nitrogen and oxygen atoms in total. The maximum atomic E-state index is 13.4. The van der Waals surface area contributed by atoms with Gasteiger partial charge in [0.25, 0.3) is 0 Å². The SMILES string of the molecule is CC(c1ccccn1)N(C(=O)C1CCN(S(=O)(=O)c2ccc(C#N)cc2)CC1)C1CC1. The number of rotatable bonds is 6. The van der Waals surface area contributed by atoms with Gasteiger partial charge in [0.05, 0.1) is 28.3 Å². The summed E-state index contributed by atoms with van der Waals surface area (Å²) in [5, 5.41) is 8.91. The highest BCUT2D eigenvalue weighted by molar-refractivity contribution is 7.89. The smallest absolute Gasteiger partial charge is 0.243 e. The predicted octanol–water partition coefficient (Wildman–Crippen LogP) is 3.11. The van der Waals surface area contributed by atoms with E-state index in [9.17, 15) is 13.2 Å². The molecule has 8 heteroatoms. The summed E-state index contributed by atoms with van der Waals surface area (Å²) in [6.07, 6.45) is 4.77. The first-order chi connectivity index (χ1) is 14.9. The van der Waals surface area contributed by atoms with Gasteiger partial charge in [0.2, 0.25) is 15.9 Å². The zero-order valence-electron chi connectivity index (χ0n) is 17.5. The Labute approximate surface area is 183 Å². The summed E-state index contributed by atoms with van der Waals surface area (Å²) in [5.41, 5.74) is 1.30. The van der Waals surface area contributed by atoms with Gasteiger partial charge in [0, 0.05) is 31.2 Å². The fourth-order valence-corrected chi connectivity index (χ4v) is 5.68. The van der Waals surface area contributed by atoms with Crippen molar-refractivity contribution in [3.63, 3.8) is 0 Å². The monoisotopic (exact) mass is 438 g/mol. The number of piperidine rings is 1. The molecule has 0 bridgehead atoms. The highest BCUT2D eigenvalue weighted by atomic mass is 32.2. The van der Waals surface area contributed by atoms with Crippen LogP contribution in [0.3, 0.4) is 0 Å². The van der Waals surface area contributed by atoms with Gasteiger partial charge in [-0.05, 0) is 69.0 Å². The van der Waals surface area contributed by atoms with E-state index >= 15 is 0 Å². The topological polar surface area (TPSA) is 94.4 Å². The lowest BCUT2D eigenvalue weighted by atomic mass is 9.95. The van der Waals surface area contributed by atoms with Crippen LogP contribution < -0.4 is 0 Å². The van der Waals surface area contributed by atoms with Crippen molar-refractivity contribution in [2.75, 3.05) is 13.1 Å². The summed E-state index contributed by atoms with van der Waals surface area (Å²) in [6, 6.07) is 13.8. The van der Waals surface area contributed by atoms with E-state index in [-0.39, 0.29) is 28.8 Å². The maximum absolute atomic E-state index is 13.4. The molecule has 0 radical (unpaired) electrons. The molecule has 1 amide bonds. The second-order valence-electron chi connectivity index (χ2n) is 8.22. The normalized spacial score (nSPS) is 18.8. The lowest BCUT2D eigenvalue weighted by Crippen LogP contribution is -2.45. The van der Waals surface area contributed by atoms with E-state index in [1.807, 2.05) is 36.1 Å². The fourth-order valence-electron chi connectivity index (χ4n) is 4.21. The third-order valence-corrected chi connectivity index (χ3v) is 8.07. The van der Waals surface area contributed by atoms with Gasteiger partial charge >= 0.3 is 0 Å². The number of nitrogens with zero attached hydrogens (tertiary/aromatic N) is 4. The van der Waals surface area contributed by atoms with E-state index in [2.05, 4.69) is 4.98 Å². The largest absolute Gasteiger partial charge is 0.331 e. The van der Waals surface area contributed by atoms with Crippen LogP contribution in [-0.2, 0) is 14.8 Å². The van der Waals surface area contributed by atoms with Crippen molar-refractivity contribution >= 4 is 15.9 Å². The molecule has 1 saturated carbocycles. The molecule has 31 heavy (non-hydrogen) atoms. The molecule has 162 valence electrons. The molecule has 4 rings (SSSR count). The fraction of sp³-hybridized carbons (Fsp3) is 0.435. The van der Waals surface area contributed by atoms with Crippen LogP contribution in [0.15, 0.2) is 53.6 Å². The standard InChI is InChI=1S/C23H26N4O3S/c1-17(22-4-2-3-13-25-22)27(20-7-8-20)23(28)19-11-14-26(15-12-19)31(29,30)21-9-5-18(16-24)6-10-21/h2-6,9-10,13,17,19-20H,7-8,11-12,14-15H2,1H3. The number of hydrogen-bond acceptors (Lipinski definition) is 5. The Hall–Kier alpha value is -2.76. The minimum Gasteiger partial charge on any atom is -0.331 e. The van der Waals surface area contributed by atoms with E-state index < -0.39 is 10.0 Å². The number of nitriles is 1. The van der Waals surface area contributed by atoms with E-state index in [1.54, 1.807) is 6.20 Å². The van der Waals surface area contributed by atoms with Crippen LogP contribution in [0.25, 0.3) is 0 Å². The molecule has 1 unspecified atom stereocenters. The van der Waals surface area contributed by atoms with Gasteiger partial charge in [0.1, 0.15) is 0 Å². The summed E-state index contributed by atoms with van der Waals surface area (Å²) in [6.45, 7) is 2.65.